The van der Waals surface area contributed by atoms with Gasteiger partial charge in [-0.1, -0.05) is 0 Å². The topological polar surface area (TPSA) is 273 Å². The molecule has 12 N–H and O–H groups in total. The van der Waals surface area contributed by atoms with Gasteiger partial charge in [-0.05, 0) is 0 Å². The molecule has 9 atom stereocenters. The summed E-state index contributed by atoms with van der Waals surface area (Å²) in [5.74, 6) is -2.36. The van der Waals surface area contributed by atoms with Crippen molar-refractivity contribution in [1.82, 2.24) is 0 Å². The molecule has 0 amide bonds. The molecule has 28 heavy (non-hydrogen) atoms. The highest BCUT2D eigenvalue weighted by Gasteiger charge is 2.53. The SMILES string of the molecule is N[C@@H]1[C@@H](O)[C@H](O)[C@@H](CO)O[C@H]1O.O=P(O)(O)OC[C@H]1O[C@](O)(CO)[C@@H](O)[C@@H]1O. The molecular weight excluding hydrogens is 413 g/mol. The fourth-order valence-corrected chi connectivity index (χ4v) is 2.76. The summed E-state index contributed by atoms with van der Waals surface area (Å²) in [5.41, 5.74) is 5.26. The largest absolute Gasteiger partial charge is 0.469 e. The molecular formula is C12H26NO14P. The maximum Gasteiger partial charge on any atom is 0.469 e. The molecule has 0 unspecified atom stereocenters. The van der Waals surface area contributed by atoms with E-state index in [-0.39, 0.29) is 0 Å². The number of ether oxygens (including phenoxy) is 2. The van der Waals surface area contributed by atoms with Gasteiger partial charge >= 0.3 is 7.82 Å². The van der Waals surface area contributed by atoms with E-state index >= 15 is 0 Å². The van der Waals surface area contributed by atoms with Gasteiger partial charge in [-0.2, -0.15) is 0 Å². The first-order valence-electron chi connectivity index (χ1n) is 7.90. The maximum atomic E-state index is 10.4. The lowest BCUT2D eigenvalue weighted by Gasteiger charge is -2.38. The Morgan fingerprint density at radius 2 is 1.57 bits per heavy atom. The fraction of sp³-hybridized carbons (Fsp3) is 1.00. The second-order valence-electron chi connectivity index (χ2n) is 6.19. The smallest absolute Gasteiger partial charge is 0.394 e. The van der Waals surface area contributed by atoms with E-state index in [1.807, 2.05) is 0 Å². The van der Waals surface area contributed by atoms with Crippen molar-refractivity contribution in [2.75, 3.05) is 19.8 Å². The molecule has 0 radical (unpaired) electrons. The van der Waals surface area contributed by atoms with E-state index in [2.05, 4.69) is 9.26 Å². The minimum absolute atomic E-state index is 0.470. The highest BCUT2D eigenvalue weighted by Crippen LogP contribution is 2.38. The average Bonchev–Trinajstić information content (AvgIpc) is 2.85. The van der Waals surface area contributed by atoms with E-state index < -0.39 is 82.4 Å². The summed E-state index contributed by atoms with van der Waals surface area (Å²) in [7, 11) is -4.73. The van der Waals surface area contributed by atoms with Crippen LogP contribution < -0.4 is 5.73 Å². The van der Waals surface area contributed by atoms with Gasteiger partial charge in [0, 0.05) is 0 Å². The quantitative estimate of drug-likeness (QED) is 0.178. The van der Waals surface area contributed by atoms with Gasteiger partial charge < -0.3 is 65.8 Å². The number of phosphoric acid groups is 1. The lowest BCUT2D eigenvalue weighted by molar-refractivity contribution is -0.248. The van der Waals surface area contributed by atoms with E-state index in [0.717, 1.165) is 0 Å². The molecule has 0 saturated carbocycles. The Kier molecular flexibility index (Phi) is 9.29. The molecule has 2 heterocycles. The molecule has 2 fully saturated rings. The molecule has 2 rings (SSSR count). The number of aliphatic hydroxyl groups excluding tert-OH is 7. The van der Waals surface area contributed by atoms with Crippen molar-refractivity contribution in [3.8, 4) is 0 Å². The van der Waals surface area contributed by atoms with Crippen molar-refractivity contribution in [1.29, 1.82) is 0 Å². The maximum absolute atomic E-state index is 10.4. The van der Waals surface area contributed by atoms with Crippen LogP contribution in [0.15, 0.2) is 0 Å². The van der Waals surface area contributed by atoms with E-state index in [1.165, 1.54) is 0 Å². The van der Waals surface area contributed by atoms with Gasteiger partial charge in [0.1, 0.15) is 36.6 Å². The van der Waals surface area contributed by atoms with Crippen LogP contribution in [0.4, 0.5) is 0 Å². The van der Waals surface area contributed by atoms with Gasteiger partial charge in [0.25, 0.3) is 0 Å². The first-order valence-corrected chi connectivity index (χ1v) is 9.43. The lowest BCUT2D eigenvalue weighted by Crippen LogP contribution is -2.61. The Morgan fingerprint density at radius 1 is 1.00 bits per heavy atom. The summed E-state index contributed by atoms with van der Waals surface area (Å²) in [5, 5.41) is 72.8. The Bertz CT molecular complexity index is 530. The first kappa shape index (κ1) is 25.7. The minimum atomic E-state index is -4.73. The third-order valence-electron chi connectivity index (χ3n) is 4.10. The Morgan fingerprint density at radius 3 is 2.00 bits per heavy atom. The van der Waals surface area contributed by atoms with Gasteiger partial charge in [0.2, 0.25) is 5.79 Å². The first-order chi connectivity index (χ1) is 12.8. The zero-order chi connectivity index (χ0) is 21.9. The Hall–Kier alpha value is -0.330. The number of nitrogens with two attached hydrogens (primary N) is 1. The predicted molar refractivity (Wildman–Crippen MR) is 84.9 cm³/mol. The summed E-state index contributed by atoms with van der Waals surface area (Å²) in [6.45, 7) is -2.18. The van der Waals surface area contributed by atoms with Crippen molar-refractivity contribution < 1.29 is 69.2 Å². The van der Waals surface area contributed by atoms with Crippen LogP contribution in [0.2, 0.25) is 0 Å². The zero-order valence-electron chi connectivity index (χ0n) is 14.4. The minimum Gasteiger partial charge on any atom is -0.394 e. The number of aliphatic hydroxyl groups is 8. The molecule has 0 aromatic rings. The lowest BCUT2D eigenvalue weighted by atomic mass is 9.98. The van der Waals surface area contributed by atoms with Gasteiger partial charge in [0.05, 0.1) is 25.9 Å². The number of phosphoric ester groups is 1. The monoisotopic (exact) mass is 439 g/mol. The number of rotatable bonds is 5. The van der Waals surface area contributed by atoms with Gasteiger partial charge in [-0.3, -0.25) is 4.52 Å². The molecule has 0 aromatic carbocycles. The molecule has 16 heteroatoms. The van der Waals surface area contributed by atoms with E-state index in [4.69, 9.17) is 35.6 Å². The molecule has 0 aliphatic carbocycles. The molecule has 0 bridgehead atoms. The highest BCUT2D eigenvalue weighted by atomic mass is 31.2. The third kappa shape index (κ3) is 6.33. The summed E-state index contributed by atoms with van der Waals surface area (Å²) < 4.78 is 23.8. The highest BCUT2D eigenvalue weighted by molar-refractivity contribution is 7.46. The Balaban J connectivity index is 0.000000292. The second-order valence-corrected chi connectivity index (χ2v) is 7.43. The van der Waals surface area contributed by atoms with Gasteiger partial charge in [-0.25, -0.2) is 4.57 Å². The van der Waals surface area contributed by atoms with Crippen LogP contribution in [-0.4, -0.2) is 125 Å². The summed E-state index contributed by atoms with van der Waals surface area (Å²) in [4.78, 5) is 16.8. The zero-order valence-corrected chi connectivity index (χ0v) is 15.3. The van der Waals surface area contributed by atoms with Crippen LogP contribution in [0.5, 0.6) is 0 Å². The second kappa shape index (κ2) is 10.1. The predicted octanol–water partition coefficient (Wildman–Crippen LogP) is -6.36. The Labute approximate surface area is 158 Å². The van der Waals surface area contributed by atoms with Crippen molar-refractivity contribution in [3.05, 3.63) is 0 Å². The molecule has 168 valence electrons. The molecule has 2 aliphatic heterocycles. The van der Waals surface area contributed by atoms with Crippen molar-refractivity contribution in [3.63, 3.8) is 0 Å². The van der Waals surface area contributed by atoms with Gasteiger partial charge in [-0.15, -0.1) is 0 Å². The van der Waals surface area contributed by atoms with Crippen LogP contribution in [0, 0.1) is 0 Å². The van der Waals surface area contributed by atoms with Crippen LogP contribution in [-0.2, 0) is 18.6 Å². The van der Waals surface area contributed by atoms with Crippen LogP contribution >= 0.6 is 7.82 Å². The molecule has 0 aromatic heterocycles. The van der Waals surface area contributed by atoms with Gasteiger partial charge in [0.15, 0.2) is 6.29 Å². The number of hydrogen-bond acceptors (Lipinski definition) is 13. The molecule has 0 spiro atoms. The van der Waals surface area contributed by atoms with Crippen molar-refractivity contribution >= 4 is 7.82 Å². The van der Waals surface area contributed by atoms with Crippen LogP contribution in [0.3, 0.4) is 0 Å². The molecule has 15 nitrogen and oxygen atoms in total. The average molecular weight is 439 g/mol. The van der Waals surface area contributed by atoms with Crippen LogP contribution in [0.1, 0.15) is 0 Å². The van der Waals surface area contributed by atoms with E-state index in [9.17, 15) is 30.1 Å². The normalized spacial score (nSPS) is 44.1. The van der Waals surface area contributed by atoms with Crippen molar-refractivity contribution in [2.24, 2.45) is 5.73 Å². The summed E-state index contributed by atoms with van der Waals surface area (Å²) in [6.07, 6.45) is -9.61. The molecule has 2 aliphatic rings. The van der Waals surface area contributed by atoms with Crippen molar-refractivity contribution in [2.45, 2.75) is 54.7 Å². The van der Waals surface area contributed by atoms with Crippen LogP contribution in [0.25, 0.3) is 0 Å². The van der Waals surface area contributed by atoms with E-state index in [0.29, 0.717) is 0 Å². The molecule has 2 saturated heterocycles. The fourth-order valence-electron chi connectivity index (χ4n) is 2.42. The number of hydrogen-bond donors (Lipinski definition) is 11. The standard InChI is InChI=1S/C6H13NO5.C6H13O9P/c7-3-5(10)4(9)2(1-8)12-6(3)11;7-2-6(10)5(9)4(8)3(15-6)1-14-16(11,12)13/h2-6,8-11H,1,7H2;3-5,7-10H,1-2H2,(H2,11,12,13)/t2-,3-,4-,5-,6-;3-,4-,5+,6-/m11/s1. The summed E-state index contributed by atoms with van der Waals surface area (Å²) in [6, 6.07) is -1.04. The summed E-state index contributed by atoms with van der Waals surface area (Å²) >= 11 is 0. The van der Waals surface area contributed by atoms with E-state index in [1.54, 1.807) is 0 Å². The third-order valence-corrected chi connectivity index (χ3v) is 4.59.